The number of nitrogen functional groups attached to an aromatic ring is 1. The van der Waals surface area contributed by atoms with Gasteiger partial charge in [0, 0.05) is 26.5 Å². The van der Waals surface area contributed by atoms with Crippen LogP contribution >= 0.6 is 15.9 Å². The standard InChI is InChI=1S/C9H10BrN5.C6H6N4/c1-15(2)5-14-9-8-7(12-4-13-9)6(10)3-11-8;7-6-5-4(1-2-8-5)9-3-10-6/h3-5,11H,1-2H3;1-3,8H,(H2,7,9,10). The van der Waals surface area contributed by atoms with E-state index < -0.39 is 0 Å². The van der Waals surface area contributed by atoms with Crippen LogP contribution in [0.1, 0.15) is 0 Å². The number of nitrogens with one attached hydrogen (secondary N) is 2. The molecule has 128 valence electrons. The minimum absolute atomic E-state index is 0.495. The summed E-state index contributed by atoms with van der Waals surface area (Å²) in [7, 11) is 3.82. The summed E-state index contributed by atoms with van der Waals surface area (Å²) in [5.74, 6) is 1.13. The molecule has 0 fully saturated rings. The number of H-pyrrole nitrogens is 2. The van der Waals surface area contributed by atoms with Crippen LogP contribution in [0.15, 0.2) is 40.6 Å². The third-order valence-electron chi connectivity index (χ3n) is 3.18. The van der Waals surface area contributed by atoms with E-state index in [-0.39, 0.29) is 0 Å². The Balaban J connectivity index is 0.000000157. The number of aliphatic imine (C=N–C) groups is 1. The van der Waals surface area contributed by atoms with E-state index in [1.54, 1.807) is 12.5 Å². The minimum atomic E-state index is 0.495. The zero-order chi connectivity index (χ0) is 17.8. The number of rotatable bonds is 2. The molecular weight excluding hydrogens is 386 g/mol. The summed E-state index contributed by atoms with van der Waals surface area (Å²) in [5, 5.41) is 0. The summed E-state index contributed by atoms with van der Waals surface area (Å²) < 4.78 is 0.918. The van der Waals surface area contributed by atoms with E-state index in [1.165, 1.54) is 12.7 Å². The van der Waals surface area contributed by atoms with Gasteiger partial charge in [0.25, 0.3) is 0 Å². The van der Waals surface area contributed by atoms with Crippen LogP contribution < -0.4 is 5.73 Å². The van der Waals surface area contributed by atoms with Crippen LogP contribution in [-0.4, -0.2) is 55.2 Å². The predicted octanol–water partition coefficient (Wildman–Crippen LogP) is 2.48. The maximum absolute atomic E-state index is 5.52. The Kier molecular flexibility index (Phi) is 4.89. The van der Waals surface area contributed by atoms with E-state index in [1.807, 2.05) is 31.3 Å². The second kappa shape index (κ2) is 7.26. The molecule has 0 aliphatic heterocycles. The van der Waals surface area contributed by atoms with Crippen molar-refractivity contribution >= 4 is 56.0 Å². The van der Waals surface area contributed by atoms with E-state index in [9.17, 15) is 0 Å². The van der Waals surface area contributed by atoms with Crippen molar-refractivity contribution in [3.63, 3.8) is 0 Å². The number of hydrogen-bond donors (Lipinski definition) is 3. The van der Waals surface area contributed by atoms with Gasteiger partial charge in [0.1, 0.15) is 29.2 Å². The van der Waals surface area contributed by atoms with Crippen LogP contribution in [-0.2, 0) is 0 Å². The first-order valence-corrected chi connectivity index (χ1v) is 8.07. The van der Waals surface area contributed by atoms with Crippen molar-refractivity contribution in [3.8, 4) is 0 Å². The van der Waals surface area contributed by atoms with Crippen molar-refractivity contribution in [1.82, 2.24) is 34.8 Å². The monoisotopic (exact) mass is 401 g/mol. The van der Waals surface area contributed by atoms with Gasteiger partial charge in [-0.2, -0.15) is 0 Å². The van der Waals surface area contributed by atoms with Crippen molar-refractivity contribution < 1.29 is 0 Å². The highest BCUT2D eigenvalue weighted by atomic mass is 79.9. The quantitative estimate of drug-likeness (QED) is 0.350. The number of aromatic amines is 2. The SMILES string of the molecule is CN(C)C=Nc1ncnc2c(Br)c[nH]c12.Nc1ncnc2cc[nH]c12. The van der Waals surface area contributed by atoms with Gasteiger partial charge in [-0.15, -0.1) is 0 Å². The molecule has 25 heavy (non-hydrogen) atoms. The molecule has 0 aromatic carbocycles. The molecule has 0 aliphatic carbocycles. The number of anilines is 1. The van der Waals surface area contributed by atoms with Crippen LogP contribution in [0.25, 0.3) is 22.1 Å². The van der Waals surface area contributed by atoms with Crippen molar-refractivity contribution in [2.75, 3.05) is 19.8 Å². The van der Waals surface area contributed by atoms with Gasteiger partial charge in [-0.1, -0.05) is 0 Å². The van der Waals surface area contributed by atoms with Crippen molar-refractivity contribution in [1.29, 1.82) is 0 Å². The lowest BCUT2D eigenvalue weighted by molar-refractivity contribution is 0.643. The predicted molar refractivity (Wildman–Crippen MR) is 102 cm³/mol. The van der Waals surface area contributed by atoms with Crippen LogP contribution in [0.5, 0.6) is 0 Å². The normalized spacial score (nSPS) is 11.0. The highest BCUT2D eigenvalue weighted by molar-refractivity contribution is 9.10. The molecule has 4 aromatic rings. The van der Waals surface area contributed by atoms with E-state index in [0.717, 1.165) is 26.5 Å². The summed E-state index contributed by atoms with van der Waals surface area (Å²) in [6.07, 6.45) is 8.27. The van der Waals surface area contributed by atoms with Gasteiger partial charge < -0.3 is 20.6 Å². The lowest BCUT2D eigenvalue weighted by atomic mass is 10.4. The lowest BCUT2D eigenvalue weighted by Gasteiger charge is -2.01. The summed E-state index contributed by atoms with van der Waals surface area (Å²) in [5.41, 5.74) is 8.86. The molecular formula is C15H16BrN9. The molecule has 0 amide bonds. The Labute approximate surface area is 151 Å². The second-order valence-corrected chi connectivity index (χ2v) is 6.12. The maximum atomic E-state index is 5.52. The third kappa shape index (κ3) is 3.74. The van der Waals surface area contributed by atoms with Gasteiger partial charge in [0.15, 0.2) is 11.6 Å². The van der Waals surface area contributed by atoms with Gasteiger partial charge in [-0.05, 0) is 22.0 Å². The summed E-state index contributed by atoms with van der Waals surface area (Å²) in [6, 6.07) is 1.85. The fraction of sp³-hybridized carbons (Fsp3) is 0.133. The zero-order valence-electron chi connectivity index (χ0n) is 13.6. The Morgan fingerprint density at radius 3 is 2.68 bits per heavy atom. The number of nitrogens with two attached hydrogens (primary N) is 1. The molecule has 4 rings (SSSR count). The van der Waals surface area contributed by atoms with E-state index >= 15 is 0 Å². The van der Waals surface area contributed by atoms with E-state index in [0.29, 0.717) is 11.6 Å². The molecule has 0 radical (unpaired) electrons. The highest BCUT2D eigenvalue weighted by Crippen LogP contribution is 2.26. The second-order valence-electron chi connectivity index (χ2n) is 5.26. The molecule has 0 bridgehead atoms. The lowest BCUT2D eigenvalue weighted by Crippen LogP contribution is -2.07. The Hall–Kier alpha value is -3.01. The number of hydrogen-bond acceptors (Lipinski definition) is 6. The van der Waals surface area contributed by atoms with E-state index in [4.69, 9.17) is 5.73 Å². The number of halogens is 1. The van der Waals surface area contributed by atoms with Crippen LogP contribution in [0.4, 0.5) is 11.6 Å². The average molecular weight is 402 g/mol. The first-order valence-electron chi connectivity index (χ1n) is 7.28. The van der Waals surface area contributed by atoms with Crippen molar-refractivity contribution in [2.45, 2.75) is 0 Å². The largest absolute Gasteiger partial charge is 0.382 e. The first-order chi connectivity index (χ1) is 12.1. The molecule has 0 aliphatic rings. The van der Waals surface area contributed by atoms with Gasteiger partial charge in [0.05, 0.1) is 16.3 Å². The Bertz CT molecular complexity index is 1020. The number of fused-ring (bicyclic) bond motifs is 2. The van der Waals surface area contributed by atoms with Gasteiger partial charge in [-0.3, -0.25) is 0 Å². The molecule has 0 unspecified atom stereocenters. The number of aromatic nitrogens is 6. The van der Waals surface area contributed by atoms with Crippen molar-refractivity contribution in [2.24, 2.45) is 4.99 Å². The minimum Gasteiger partial charge on any atom is -0.382 e. The number of nitrogens with zero attached hydrogens (tertiary/aromatic N) is 6. The molecule has 0 saturated carbocycles. The molecule has 4 aromatic heterocycles. The van der Waals surface area contributed by atoms with Gasteiger partial charge in [-0.25, -0.2) is 24.9 Å². The summed E-state index contributed by atoms with van der Waals surface area (Å²) in [6.45, 7) is 0. The third-order valence-corrected chi connectivity index (χ3v) is 3.79. The molecule has 0 spiro atoms. The fourth-order valence-electron chi connectivity index (χ4n) is 2.05. The van der Waals surface area contributed by atoms with Gasteiger partial charge in [0.2, 0.25) is 0 Å². The first kappa shape index (κ1) is 16.8. The highest BCUT2D eigenvalue weighted by Gasteiger charge is 2.06. The molecule has 0 saturated heterocycles. The van der Waals surface area contributed by atoms with Crippen LogP contribution in [0, 0.1) is 0 Å². The van der Waals surface area contributed by atoms with E-state index in [2.05, 4.69) is 50.8 Å². The summed E-state index contributed by atoms with van der Waals surface area (Å²) >= 11 is 3.40. The Morgan fingerprint density at radius 2 is 1.92 bits per heavy atom. The molecule has 10 heteroatoms. The van der Waals surface area contributed by atoms with Crippen LogP contribution in [0.3, 0.4) is 0 Å². The fourth-order valence-corrected chi connectivity index (χ4v) is 2.47. The maximum Gasteiger partial charge on any atom is 0.181 e. The average Bonchev–Trinajstić information content (AvgIpc) is 3.22. The molecule has 9 nitrogen and oxygen atoms in total. The van der Waals surface area contributed by atoms with Gasteiger partial charge >= 0.3 is 0 Å². The molecule has 4 heterocycles. The zero-order valence-corrected chi connectivity index (χ0v) is 15.2. The smallest absolute Gasteiger partial charge is 0.181 e. The molecule has 0 atom stereocenters. The van der Waals surface area contributed by atoms with Crippen molar-refractivity contribution in [3.05, 3.63) is 35.6 Å². The topological polar surface area (TPSA) is 125 Å². The van der Waals surface area contributed by atoms with Crippen LogP contribution in [0.2, 0.25) is 0 Å². The summed E-state index contributed by atoms with van der Waals surface area (Å²) in [4.78, 5) is 28.2. The Morgan fingerprint density at radius 1 is 1.12 bits per heavy atom. The molecule has 4 N–H and O–H groups in total.